The average Bonchev–Trinajstić information content (AvgIpc) is 2.34. The predicted molar refractivity (Wildman–Crippen MR) is 77.3 cm³/mol. The summed E-state index contributed by atoms with van der Waals surface area (Å²) in [7, 11) is 5.78. The van der Waals surface area contributed by atoms with Crippen LogP contribution in [0.5, 0.6) is 5.75 Å². The molecule has 0 N–H and O–H groups in total. The fraction of sp³-hybridized carbons (Fsp3) is 0.533. The van der Waals surface area contributed by atoms with Crippen molar-refractivity contribution in [2.75, 3.05) is 21.2 Å². The molecule has 3 heteroatoms. The van der Waals surface area contributed by atoms with Gasteiger partial charge in [0.1, 0.15) is 5.75 Å². The van der Waals surface area contributed by atoms with E-state index in [1.165, 1.54) is 5.56 Å². The van der Waals surface area contributed by atoms with E-state index in [4.69, 9.17) is 9.73 Å². The zero-order valence-electron chi connectivity index (χ0n) is 12.1. The maximum atomic E-state index is 5.21. The topological polar surface area (TPSA) is 24.8 Å². The van der Waals surface area contributed by atoms with Gasteiger partial charge in [-0.3, -0.25) is 4.99 Å². The number of hydrogen-bond donors (Lipinski definition) is 0. The van der Waals surface area contributed by atoms with E-state index in [0.29, 0.717) is 12.5 Å². The molecular weight excluding hydrogens is 224 g/mol. The minimum atomic E-state index is 0.622. The Morgan fingerprint density at radius 3 is 2.61 bits per heavy atom. The molecule has 0 heterocycles. The van der Waals surface area contributed by atoms with Crippen molar-refractivity contribution >= 4 is 5.84 Å². The lowest BCUT2D eigenvalue weighted by Crippen LogP contribution is -2.23. The van der Waals surface area contributed by atoms with Crippen LogP contribution in [0.2, 0.25) is 0 Å². The monoisotopic (exact) mass is 248 g/mol. The molecule has 0 unspecified atom stereocenters. The lowest BCUT2D eigenvalue weighted by atomic mass is 10.1. The quantitative estimate of drug-likeness (QED) is 0.590. The summed E-state index contributed by atoms with van der Waals surface area (Å²) in [4.78, 5) is 6.79. The van der Waals surface area contributed by atoms with E-state index >= 15 is 0 Å². The maximum absolute atomic E-state index is 5.21. The van der Waals surface area contributed by atoms with Crippen molar-refractivity contribution in [3.63, 3.8) is 0 Å². The Labute approximate surface area is 110 Å². The van der Waals surface area contributed by atoms with E-state index in [9.17, 15) is 0 Å². The van der Waals surface area contributed by atoms with Crippen molar-refractivity contribution in [2.24, 2.45) is 10.9 Å². The van der Waals surface area contributed by atoms with Gasteiger partial charge in [0.25, 0.3) is 0 Å². The van der Waals surface area contributed by atoms with Crippen molar-refractivity contribution < 1.29 is 4.74 Å². The molecule has 0 bridgehead atoms. The molecule has 0 spiro atoms. The lowest BCUT2D eigenvalue weighted by Gasteiger charge is -2.17. The normalized spacial score (nSPS) is 11.8. The minimum Gasteiger partial charge on any atom is -0.497 e. The van der Waals surface area contributed by atoms with E-state index in [0.717, 1.165) is 18.0 Å². The second kappa shape index (κ2) is 7.04. The molecule has 3 nitrogen and oxygen atoms in total. The number of aliphatic imine (C=N–C) groups is 1. The Bertz CT molecular complexity index is 397. The molecule has 1 rings (SSSR count). The van der Waals surface area contributed by atoms with E-state index in [1.807, 2.05) is 32.3 Å². The predicted octanol–water partition coefficient (Wildman–Crippen LogP) is 3.20. The van der Waals surface area contributed by atoms with Gasteiger partial charge in [0.05, 0.1) is 19.5 Å². The summed E-state index contributed by atoms with van der Waals surface area (Å²) in [6.07, 6.45) is 1.01. The second-order valence-corrected chi connectivity index (χ2v) is 5.08. The molecule has 0 aromatic heterocycles. The third-order valence-electron chi connectivity index (χ3n) is 2.69. The molecule has 0 aliphatic heterocycles. The van der Waals surface area contributed by atoms with Crippen LogP contribution < -0.4 is 4.74 Å². The number of nitrogens with zero attached hydrogens (tertiary/aromatic N) is 2. The van der Waals surface area contributed by atoms with Gasteiger partial charge < -0.3 is 9.64 Å². The van der Waals surface area contributed by atoms with Crippen LogP contribution in [0.3, 0.4) is 0 Å². The minimum absolute atomic E-state index is 0.622. The number of benzene rings is 1. The number of ether oxygens (including phenoxy) is 1. The van der Waals surface area contributed by atoms with Crippen molar-refractivity contribution in [2.45, 2.75) is 26.8 Å². The fourth-order valence-electron chi connectivity index (χ4n) is 1.71. The first-order chi connectivity index (χ1) is 8.52. The molecule has 0 fully saturated rings. The molecule has 0 aliphatic carbocycles. The summed E-state index contributed by atoms with van der Waals surface area (Å²) in [5.74, 6) is 2.65. The fourth-order valence-corrected chi connectivity index (χ4v) is 1.71. The third kappa shape index (κ3) is 4.78. The first-order valence-electron chi connectivity index (χ1n) is 6.36. The van der Waals surface area contributed by atoms with E-state index < -0.39 is 0 Å². The summed E-state index contributed by atoms with van der Waals surface area (Å²) in [6, 6.07) is 8.07. The van der Waals surface area contributed by atoms with Gasteiger partial charge in [-0.1, -0.05) is 26.0 Å². The zero-order chi connectivity index (χ0) is 13.5. The standard InChI is InChI=1S/C15H24N2O/c1-12(2)9-15(17(3)4)16-11-13-7-6-8-14(10-13)18-5/h6-8,10,12H,9,11H2,1-5H3. The van der Waals surface area contributed by atoms with Crippen molar-refractivity contribution in [1.29, 1.82) is 0 Å². The first-order valence-corrected chi connectivity index (χ1v) is 6.36. The molecule has 1 aromatic carbocycles. The van der Waals surface area contributed by atoms with Crippen LogP contribution in [0.25, 0.3) is 0 Å². The van der Waals surface area contributed by atoms with Crippen molar-refractivity contribution in [3.05, 3.63) is 29.8 Å². The molecule has 1 aromatic rings. The van der Waals surface area contributed by atoms with Crippen LogP contribution in [-0.4, -0.2) is 31.9 Å². The number of rotatable bonds is 5. The Balaban J connectivity index is 2.74. The van der Waals surface area contributed by atoms with Gasteiger partial charge in [-0.15, -0.1) is 0 Å². The highest BCUT2D eigenvalue weighted by molar-refractivity contribution is 5.82. The molecular formula is C15H24N2O. The number of amidine groups is 1. The van der Waals surface area contributed by atoms with Gasteiger partial charge in [-0.25, -0.2) is 0 Å². The summed E-state index contributed by atoms with van der Waals surface area (Å²) in [5, 5.41) is 0. The number of methoxy groups -OCH3 is 1. The van der Waals surface area contributed by atoms with E-state index in [-0.39, 0.29) is 0 Å². The maximum Gasteiger partial charge on any atom is 0.119 e. The van der Waals surface area contributed by atoms with Gasteiger partial charge in [0.2, 0.25) is 0 Å². The molecule has 0 radical (unpaired) electrons. The Morgan fingerprint density at radius 2 is 2.06 bits per heavy atom. The Morgan fingerprint density at radius 1 is 1.33 bits per heavy atom. The Hall–Kier alpha value is -1.51. The molecule has 0 aliphatic rings. The van der Waals surface area contributed by atoms with E-state index in [2.05, 4.69) is 24.8 Å². The third-order valence-corrected chi connectivity index (χ3v) is 2.69. The van der Waals surface area contributed by atoms with Gasteiger partial charge in [-0.2, -0.15) is 0 Å². The lowest BCUT2D eigenvalue weighted by molar-refractivity contribution is 0.414. The molecule has 0 atom stereocenters. The largest absolute Gasteiger partial charge is 0.497 e. The summed E-state index contributed by atoms with van der Waals surface area (Å²) in [5.41, 5.74) is 1.18. The summed E-state index contributed by atoms with van der Waals surface area (Å²) >= 11 is 0. The van der Waals surface area contributed by atoms with Gasteiger partial charge >= 0.3 is 0 Å². The van der Waals surface area contributed by atoms with Crippen LogP contribution in [0, 0.1) is 5.92 Å². The Kier molecular flexibility index (Phi) is 5.69. The second-order valence-electron chi connectivity index (χ2n) is 5.08. The molecule has 100 valence electrons. The van der Waals surface area contributed by atoms with Gasteiger partial charge in [-0.05, 0) is 23.6 Å². The van der Waals surface area contributed by atoms with Gasteiger partial charge in [0.15, 0.2) is 0 Å². The summed E-state index contributed by atoms with van der Waals surface area (Å²) < 4.78 is 5.21. The zero-order valence-corrected chi connectivity index (χ0v) is 12.1. The molecule has 18 heavy (non-hydrogen) atoms. The van der Waals surface area contributed by atoms with Crippen LogP contribution in [0.15, 0.2) is 29.3 Å². The average molecular weight is 248 g/mol. The van der Waals surface area contributed by atoms with Crippen LogP contribution >= 0.6 is 0 Å². The van der Waals surface area contributed by atoms with Crippen LogP contribution in [-0.2, 0) is 6.54 Å². The summed E-state index contributed by atoms with van der Waals surface area (Å²) in [6.45, 7) is 5.13. The number of hydrogen-bond acceptors (Lipinski definition) is 2. The highest BCUT2D eigenvalue weighted by Crippen LogP contribution is 2.14. The smallest absolute Gasteiger partial charge is 0.119 e. The molecule has 0 amide bonds. The highest BCUT2D eigenvalue weighted by Gasteiger charge is 2.05. The van der Waals surface area contributed by atoms with Gasteiger partial charge in [0, 0.05) is 20.5 Å². The van der Waals surface area contributed by atoms with E-state index in [1.54, 1.807) is 7.11 Å². The van der Waals surface area contributed by atoms with Crippen LogP contribution in [0.1, 0.15) is 25.8 Å². The van der Waals surface area contributed by atoms with Crippen molar-refractivity contribution in [3.8, 4) is 5.75 Å². The first kappa shape index (κ1) is 14.6. The van der Waals surface area contributed by atoms with Crippen LogP contribution in [0.4, 0.5) is 0 Å². The molecule has 0 saturated heterocycles. The molecule has 0 saturated carbocycles. The SMILES string of the molecule is COc1cccc(CN=C(CC(C)C)N(C)C)c1. The van der Waals surface area contributed by atoms with Crippen molar-refractivity contribution in [1.82, 2.24) is 4.90 Å². The highest BCUT2D eigenvalue weighted by atomic mass is 16.5.